The molecule has 0 N–H and O–H groups in total. The SMILES string of the molecule is CCCn1c(=O)n(CCN2CCN(c3ccccc3OC)CC2)c(=O)c2cc3c(cc21)OCCCO3.Cl.Cl. The van der Waals surface area contributed by atoms with E-state index in [1.54, 1.807) is 23.8 Å². The van der Waals surface area contributed by atoms with E-state index in [0.29, 0.717) is 55.2 Å². The van der Waals surface area contributed by atoms with Gasteiger partial charge in [0.1, 0.15) is 5.75 Å². The molecule has 0 radical (unpaired) electrons. The lowest BCUT2D eigenvalue weighted by molar-refractivity contribution is 0.244. The summed E-state index contributed by atoms with van der Waals surface area (Å²) >= 11 is 0. The van der Waals surface area contributed by atoms with Gasteiger partial charge in [0.15, 0.2) is 11.5 Å². The van der Waals surface area contributed by atoms with Gasteiger partial charge in [-0.15, -0.1) is 24.8 Å². The lowest BCUT2D eigenvalue weighted by Gasteiger charge is -2.36. The van der Waals surface area contributed by atoms with Gasteiger partial charge in [-0.3, -0.25) is 18.8 Å². The molecule has 3 aromatic rings. The van der Waals surface area contributed by atoms with Crippen molar-refractivity contribution in [1.82, 2.24) is 14.0 Å². The molecule has 0 unspecified atom stereocenters. The van der Waals surface area contributed by atoms with Gasteiger partial charge in [0.05, 0.1) is 36.9 Å². The van der Waals surface area contributed by atoms with Crippen molar-refractivity contribution in [3.63, 3.8) is 0 Å². The molecule has 2 aromatic carbocycles. The number of ether oxygens (including phenoxy) is 3. The Morgan fingerprint density at radius 1 is 0.868 bits per heavy atom. The van der Waals surface area contributed by atoms with Crippen LogP contribution in [0, 0.1) is 0 Å². The Kier molecular flexibility index (Phi) is 10.4. The molecule has 2 aliphatic heterocycles. The number of halogens is 2. The molecule has 0 saturated carbocycles. The number of benzene rings is 2. The summed E-state index contributed by atoms with van der Waals surface area (Å²) in [5, 5.41) is 0.494. The van der Waals surface area contributed by atoms with Gasteiger partial charge in [-0.2, -0.15) is 0 Å². The number of nitrogens with zero attached hydrogens (tertiary/aromatic N) is 4. The molecule has 0 bridgehead atoms. The van der Waals surface area contributed by atoms with Crippen LogP contribution in [-0.4, -0.2) is 67.1 Å². The van der Waals surface area contributed by atoms with E-state index in [4.69, 9.17) is 14.2 Å². The lowest BCUT2D eigenvalue weighted by atomic mass is 10.2. The summed E-state index contributed by atoms with van der Waals surface area (Å²) in [4.78, 5) is 31.5. The molecule has 3 heterocycles. The number of piperazine rings is 1. The van der Waals surface area contributed by atoms with Crippen LogP contribution in [0.4, 0.5) is 5.69 Å². The molecule has 1 fully saturated rings. The number of para-hydroxylation sites is 2. The van der Waals surface area contributed by atoms with E-state index in [-0.39, 0.29) is 36.1 Å². The van der Waals surface area contributed by atoms with Crippen LogP contribution in [0.5, 0.6) is 17.2 Å². The summed E-state index contributed by atoms with van der Waals surface area (Å²) in [6.45, 7) is 8.06. The fourth-order valence-corrected chi connectivity index (χ4v) is 5.06. The quantitative estimate of drug-likeness (QED) is 0.433. The minimum atomic E-state index is -0.273. The lowest BCUT2D eigenvalue weighted by Crippen LogP contribution is -2.49. The Morgan fingerprint density at radius 3 is 2.24 bits per heavy atom. The topological polar surface area (TPSA) is 78.2 Å². The van der Waals surface area contributed by atoms with Crippen LogP contribution in [0.3, 0.4) is 0 Å². The maximum atomic E-state index is 13.5. The van der Waals surface area contributed by atoms with Crippen LogP contribution in [0.1, 0.15) is 19.8 Å². The van der Waals surface area contributed by atoms with E-state index in [9.17, 15) is 9.59 Å². The van der Waals surface area contributed by atoms with Gasteiger partial charge in [0.25, 0.3) is 5.56 Å². The second-order valence-electron chi connectivity index (χ2n) is 9.26. The monoisotopic (exact) mass is 566 g/mol. The van der Waals surface area contributed by atoms with Crippen LogP contribution in [0.2, 0.25) is 0 Å². The van der Waals surface area contributed by atoms with E-state index in [0.717, 1.165) is 50.5 Å². The van der Waals surface area contributed by atoms with Crippen LogP contribution in [0.25, 0.3) is 10.9 Å². The van der Waals surface area contributed by atoms with E-state index in [2.05, 4.69) is 15.9 Å². The Morgan fingerprint density at radius 2 is 1.55 bits per heavy atom. The number of aromatic nitrogens is 2. The maximum absolute atomic E-state index is 13.5. The summed E-state index contributed by atoms with van der Waals surface area (Å²) in [6.07, 6.45) is 1.56. The Bertz CT molecular complexity index is 1350. The molecule has 11 heteroatoms. The summed E-state index contributed by atoms with van der Waals surface area (Å²) in [6, 6.07) is 11.6. The van der Waals surface area contributed by atoms with Gasteiger partial charge in [0, 0.05) is 58.3 Å². The molecular formula is C27H36Cl2N4O5. The molecule has 5 rings (SSSR count). The van der Waals surface area contributed by atoms with Crippen molar-refractivity contribution in [2.45, 2.75) is 32.9 Å². The van der Waals surface area contributed by atoms with Gasteiger partial charge in [-0.1, -0.05) is 19.1 Å². The number of aryl methyl sites for hydroxylation is 1. The average Bonchev–Trinajstić information content (AvgIpc) is 3.15. The summed E-state index contributed by atoms with van der Waals surface area (Å²) in [5.41, 5.74) is 1.16. The predicted octanol–water partition coefficient (Wildman–Crippen LogP) is 3.41. The van der Waals surface area contributed by atoms with E-state index < -0.39 is 0 Å². The van der Waals surface area contributed by atoms with Crippen LogP contribution >= 0.6 is 24.8 Å². The highest BCUT2D eigenvalue weighted by Gasteiger charge is 2.22. The Labute approximate surface area is 234 Å². The molecule has 2 aliphatic rings. The van der Waals surface area contributed by atoms with Gasteiger partial charge in [-0.25, -0.2) is 4.79 Å². The standard InChI is InChI=1S/C27H34N4O5.2ClH/c1-3-9-30-22-19-25-24(35-16-6-17-36-25)18-20(22)26(32)31(27(30)33)15-12-28-10-13-29(14-11-28)21-7-4-5-8-23(21)34-2;;/h4-5,7-8,18-19H,3,6,9-17H2,1-2H3;2*1H. The second kappa shape index (κ2) is 13.3. The van der Waals surface area contributed by atoms with Crippen LogP contribution in [-0.2, 0) is 13.1 Å². The fourth-order valence-electron chi connectivity index (χ4n) is 5.06. The first-order valence-corrected chi connectivity index (χ1v) is 12.8. The Hall–Kier alpha value is -2.88. The third-order valence-corrected chi connectivity index (χ3v) is 6.98. The Balaban J connectivity index is 0.00000200. The van der Waals surface area contributed by atoms with E-state index in [1.807, 2.05) is 25.1 Å². The zero-order valence-electron chi connectivity index (χ0n) is 21.9. The molecule has 1 saturated heterocycles. The second-order valence-corrected chi connectivity index (χ2v) is 9.26. The number of rotatable bonds is 7. The van der Waals surface area contributed by atoms with Gasteiger partial charge in [-0.05, 0) is 24.6 Å². The van der Waals surface area contributed by atoms with Crippen molar-refractivity contribution < 1.29 is 14.2 Å². The minimum Gasteiger partial charge on any atom is -0.495 e. The highest BCUT2D eigenvalue weighted by atomic mass is 35.5. The van der Waals surface area contributed by atoms with Gasteiger partial charge >= 0.3 is 5.69 Å². The third-order valence-electron chi connectivity index (χ3n) is 6.98. The zero-order valence-corrected chi connectivity index (χ0v) is 23.5. The van der Waals surface area contributed by atoms with Gasteiger partial charge in [0.2, 0.25) is 0 Å². The molecule has 208 valence electrons. The van der Waals surface area contributed by atoms with E-state index >= 15 is 0 Å². The summed E-state index contributed by atoms with van der Waals surface area (Å²) < 4.78 is 20.2. The van der Waals surface area contributed by atoms with Crippen molar-refractivity contribution >= 4 is 41.4 Å². The first-order chi connectivity index (χ1) is 17.6. The largest absolute Gasteiger partial charge is 0.495 e. The summed E-state index contributed by atoms with van der Waals surface area (Å²) in [7, 11) is 1.69. The van der Waals surface area contributed by atoms with E-state index in [1.165, 1.54) is 4.57 Å². The van der Waals surface area contributed by atoms with Crippen LogP contribution in [0.15, 0.2) is 46.0 Å². The number of anilines is 1. The maximum Gasteiger partial charge on any atom is 0.331 e. The number of hydrogen-bond donors (Lipinski definition) is 0. The van der Waals surface area contributed by atoms with Crippen molar-refractivity contribution in [1.29, 1.82) is 0 Å². The average molecular weight is 568 g/mol. The normalized spacial score (nSPS) is 15.4. The first-order valence-electron chi connectivity index (χ1n) is 12.8. The molecule has 9 nitrogen and oxygen atoms in total. The highest BCUT2D eigenvalue weighted by molar-refractivity contribution is 5.85. The van der Waals surface area contributed by atoms with Gasteiger partial charge < -0.3 is 19.1 Å². The first kappa shape index (κ1) is 29.7. The number of methoxy groups -OCH3 is 1. The zero-order chi connectivity index (χ0) is 25.1. The molecule has 0 amide bonds. The van der Waals surface area contributed by atoms with Crippen molar-refractivity contribution in [3.05, 3.63) is 57.2 Å². The third kappa shape index (κ3) is 5.90. The van der Waals surface area contributed by atoms with Crippen LogP contribution < -0.4 is 30.4 Å². The smallest absolute Gasteiger partial charge is 0.331 e. The molecule has 0 aliphatic carbocycles. The number of fused-ring (bicyclic) bond motifs is 2. The fraction of sp³-hybridized carbons (Fsp3) is 0.481. The minimum absolute atomic E-state index is 0. The molecule has 38 heavy (non-hydrogen) atoms. The summed E-state index contributed by atoms with van der Waals surface area (Å²) in [5.74, 6) is 2.03. The van der Waals surface area contributed by atoms with Crippen molar-refractivity contribution in [2.75, 3.05) is 57.9 Å². The highest BCUT2D eigenvalue weighted by Crippen LogP contribution is 2.33. The molecule has 0 atom stereocenters. The number of hydrogen-bond acceptors (Lipinski definition) is 7. The van der Waals surface area contributed by atoms with Crippen molar-refractivity contribution in [3.8, 4) is 17.2 Å². The molecular weight excluding hydrogens is 531 g/mol. The van der Waals surface area contributed by atoms with Crippen molar-refractivity contribution in [2.24, 2.45) is 0 Å². The molecule has 1 aromatic heterocycles. The molecule has 0 spiro atoms. The predicted molar refractivity (Wildman–Crippen MR) is 155 cm³/mol.